The Kier molecular flexibility index (Phi) is 6.30. The largest absolute Gasteiger partial charge is 0.455 e. The second-order valence-corrected chi connectivity index (χ2v) is 4.86. The quantitative estimate of drug-likeness (QED) is 0.582. The molecule has 1 rings (SSSR count). The monoisotopic (exact) mass is 296 g/mol. The van der Waals surface area contributed by atoms with Gasteiger partial charge < -0.3 is 14.6 Å². The van der Waals surface area contributed by atoms with Crippen molar-refractivity contribution in [3.63, 3.8) is 0 Å². The van der Waals surface area contributed by atoms with E-state index in [1.807, 2.05) is 0 Å². The zero-order chi connectivity index (χ0) is 16.0. The molecule has 0 unspecified atom stereocenters. The van der Waals surface area contributed by atoms with E-state index in [-0.39, 0.29) is 18.6 Å². The molecule has 0 spiro atoms. The number of hydrogen-bond donors (Lipinski definition) is 1. The van der Waals surface area contributed by atoms with Gasteiger partial charge in [-0.05, 0) is 33.3 Å². The van der Waals surface area contributed by atoms with Crippen molar-refractivity contribution in [2.75, 3.05) is 0 Å². The lowest BCUT2D eigenvalue weighted by molar-refractivity contribution is -0.161. The Balaban J connectivity index is 2.70. The highest BCUT2D eigenvalue weighted by Crippen LogP contribution is 2.19. The molecule has 0 saturated heterocycles. The molecule has 116 valence electrons. The fourth-order valence-corrected chi connectivity index (χ4v) is 1.72. The van der Waals surface area contributed by atoms with E-state index in [0.29, 0.717) is 5.57 Å². The fourth-order valence-electron chi connectivity index (χ4n) is 1.72. The number of Topliss-reactive ketones (excluding diaryl/α,β-unsaturated/α-hetero) is 1. The second kappa shape index (κ2) is 7.73. The van der Waals surface area contributed by atoms with Crippen molar-refractivity contribution in [3.8, 4) is 0 Å². The van der Waals surface area contributed by atoms with E-state index in [0.717, 1.165) is 0 Å². The Labute approximate surface area is 123 Å². The molecule has 1 N–H and O–H groups in total. The number of ketones is 1. The highest BCUT2D eigenvalue weighted by molar-refractivity contribution is 5.88. The maximum atomic E-state index is 11.7. The van der Waals surface area contributed by atoms with Gasteiger partial charge in [0.2, 0.25) is 0 Å². The molecule has 0 amide bonds. The van der Waals surface area contributed by atoms with Gasteiger partial charge in [0.05, 0.1) is 0 Å². The number of aliphatic hydroxyl groups excluding tert-OH is 1. The average molecular weight is 296 g/mol. The van der Waals surface area contributed by atoms with Crippen molar-refractivity contribution in [2.24, 2.45) is 0 Å². The lowest BCUT2D eigenvalue weighted by Gasteiger charge is -2.27. The van der Waals surface area contributed by atoms with Crippen LogP contribution in [0.15, 0.2) is 23.8 Å². The summed E-state index contributed by atoms with van der Waals surface area (Å²) in [7, 11) is 0. The first-order valence-corrected chi connectivity index (χ1v) is 6.78. The molecule has 0 bridgehead atoms. The molecule has 3 atom stereocenters. The summed E-state index contributed by atoms with van der Waals surface area (Å²) in [6, 6.07) is 0. The smallest absolute Gasteiger partial charge is 0.334 e. The van der Waals surface area contributed by atoms with Gasteiger partial charge in [-0.3, -0.25) is 4.79 Å². The third-order valence-corrected chi connectivity index (χ3v) is 3.20. The highest BCUT2D eigenvalue weighted by Gasteiger charge is 2.30. The molecular formula is C15H20O6. The maximum Gasteiger partial charge on any atom is 0.334 e. The Morgan fingerprint density at radius 2 is 2.19 bits per heavy atom. The van der Waals surface area contributed by atoms with Gasteiger partial charge in [0, 0.05) is 18.1 Å². The number of rotatable bonds is 6. The van der Waals surface area contributed by atoms with E-state index in [9.17, 15) is 14.4 Å². The summed E-state index contributed by atoms with van der Waals surface area (Å²) >= 11 is 0. The van der Waals surface area contributed by atoms with Gasteiger partial charge in [-0.1, -0.05) is 6.08 Å². The number of carbonyl (C=O) groups is 3. The molecular weight excluding hydrogens is 276 g/mol. The molecule has 0 aliphatic carbocycles. The SMILES string of the molecule is C/C=C(\C)C(=O)O[C@H]1C=CC(=O)O[C@H]1CCC(=O)[C@H](C)O. The van der Waals surface area contributed by atoms with Crippen molar-refractivity contribution in [1.29, 1.82) is 0 Å². The van der Waals surface area contributed by atoms with Crippen LogP contribution >= 0.6 is 0 Å². The van der Waals surface area contributed by atoms with Gasteiger partial charge in [0.15, 0.2) is 11.9 Å². The molecule has 0 aromatic heterocycles. The van der Waals surface area contributed by atoms with Crippen molar-refractivity contribution < 1.29 is 29.0 Å². The van der Waals surface area contributed by atoms with Crippen molar-refractivity contribution in [2.45, 2.75) is 51.9 Å². The Morgan fingerprint density at radius 3 is 2.76 bits per heavy atom. The zero-order valence-corrected chi connectivity index (χ0v) is 12.4. The molecule has 1 aliphatic rings. The van der Waals surface area contributed by atoms with Crippen LogP contribution in [0.1, 0.15) is 33.6 Å². The Hall–Kier alpha value is -1.95. The number of esters is 2. The summed E-state index contributed by atoms with van der Waals surface area (Å²) in [6.45, 7) is 4.71. The molecule has 0 saturated carbocycles. The van der Waals surface area contributed by atoms with Gasteiger partial charge in [-0.25, -0.2) is 9.59 Å². The fraction of sp³-hybridized carbons (Fsp3) is 0.533. The van der Waals surface area contributed by atoms with Crippen molar-refractivity contribution in [3.05, 3.63) is 23.8 Å². The van der Waals surface area contributed by atoms with Crippen LogP contribution in [0.4, 0.5) is 0 Å². The molecule has 6 heteroatoms. The predicted molar refractivity (Wildman–Crippen MR) is 74.3 cm³/mol. The third kappa shape index (κ3) is 5.15. The van der Waals surface area contributed by atoms with Crippen LogP contribution in [0.2, 0.25) is 0 Å². The Morgan fingerprint density at radius 1 is 1.52 bits per heavy atom. The lowest BCUT2D eigenvalue weighted by Crippen LogP contribution is -2.37. The molecule has 0 radical (unpaired) electrons. The van der Waals surface area contributed by atoms with E-state index in [4.69, 9.17) is 14.6 Å². The summed E-state index contributed by atoms with van der Waals surface area (Å²) in [5.74, 6) is -1.40. The van der Waals surface area contributed by atoms with Crippen LogP contribution in [0.5, 0.6) is 0 Å². The number of cyclic esters (lactones) is 1. The van der Waals surface area contributed by atoms with Crippen LogP contribution in [0.25, 0.3) is 0 Å². The van der Waals surface area contributed by atoms with Gasteiger partial charge in [0.1, 0.15) is 12.2 Å². The first-order valence-electron chi connectivity index (χ1n) is 6.78. The maximum absolute atomic E-state index is 11.7. The minimum absolute atomic E-state index is 0.0418. The summed E-state index contributed by atoms with van der Waals surface area (Å²) < 4.78 is 10.3. The Bertz CT molecular complexity index is 475. The highest BCUT2D eigenvalue weighted by atomic mass is 16.6. The number of allylic oxidation sites excluding steroid dienone is 1. The average Bonchev–Trinajstić information content (AvgIpc) is 2.45. The lowest BCUT2D eigenvalue weighted by atomic mass is 10.0. The normalized spacial score (nSPS) is 23.4. The zero-order valence-electron chi connectivity index (χ0n) is 12.4. The molecule has 0 aromatic carbocycles. The summed E-state index contributed by atoms with van der Waals surface area (Å²) in [5.41, 5.74) is 0.444. The molecule has 0 fully saturated rings. The first-order chi connectivity index (χ1) is 9.85. The van der Waals surface area contributed by atoms with Crippen LogP contribution in [0, 0.1) is 0 Å². The van der Waals surface area contributed by atoms with Gasteiger partial charge in [-0.15, -0.1) is 0 Å². The van der Waals surface area contributed by atoms with E-state index in [1.54, 1.807) is 19.9 Å². The van der Waals surface area contributed by atoms with Crippen LogP contribution in [-0.2, 0) is 23.9 Å². The third-order valence-electron chi connectivity index (χ3n) is 3.20. The van der Waals surface area contributed by atoms with Gasteiger partial charge in [-0.2, -0.15) is 0 Å². The summed E-state index contributed by atoms with van der Waals surface area (Å²) in [4.78, 5) is 34.4. The van der Waals surface area contributed by atoms with Crippen molar-refractivity contribution in [1.82, 2.24) is 0 Å². The molecule has 0 aromatic rings. The number of aliphatic hydroxyl groups is 1. The first kappa shape index (κ1) is 17.1. The number of ether oxygens (including phenoxy) is 2. The van der Waals surface area contributed by atoms with Crippen molar-refractivity contribution >= 4 is 17.7 Å². The summed E-state index contributed by atoms with van der Waals surface area (Å²) in [5, 5.41) is 9.15. The molecule has 1 aliphatic heterocycles. The van der Waals surface area contributed by atoms with Crippen LogP contribution in [0.3, 0.4) is 0 Å². The van der Waals surface area contributed by atoms with Gasteiger partial charge in [0.25, 0.3) is 0 Å². The molecule has 21 heavy (non-hydrogen) atoms. The predicted octanol–water partition coefficient (Wildman–Crippen LogP) is 1.08. The van der Waals surface area contributed by atoms with E-state index in [1.165, 1.54) is 19.1 Å². The summed E-state index contributed by atoms with van der Waals surface area (Å²) in [6.07, 6.45) is 1.97. The standard InChI is InChI=1S/C15H20O6/c1-4-9(2)15(19)21-13-7-8-14(18)20-12(13)6-5-11(17)10(3)16/h4,7-8,10,12-13,16H,5-6H2,1-3H3/b9-4+/t10-,12-,13-/m0/s1. The second-order valence-electron chi connectivity index (χ2n) is 4.86. The van der Waals surface area contributed by atoms with E-state index >= 15 is 0 Å². The van der Waals surface area contributed by atoms with E-state index in [2.05, 4.69) is 0 Å². The number of carbonyl (C=O) groups excluding carboxylic acids is 3. The topological polar surface area (TPSA) is 89.9 Å². The molecule has 6 nitrogen and oxygen atoms in total. The van der Waals surface area contributed by atoms with E-state index < -0.39 is 30.3 Å². The van der Waals surface area contributed by atoms with Crippen LogP contribution in [-0.4, -0.2) is 41.1 Å². The minimum Gasteiger partial charge on any atom is -0.455 e. The van der Waals surface area contributed by atoms with Crippen LogP contribution < -0.4 is 0 Å². The van der Waals surface area contributed by atoms with Gasteiger partial charge >= 0.3 is 11.9 Å². The number of hydrogen-bond acceptors (Lipinski definition) is 6. The minimum atomic E-state index is -1.06. The molecule has 1 heterocycles.